The molecule has 6 rings (SSSR count). The lowest BCUT2D eigenvalue weighted by Gasteiger charge is -2.21. The molecule has 180 valence electrons. The van der Waals surface area contributed by atoms with Gasteiger partial charge >= 0.3 is 0 Å². The highest BCUT2D eigenvalue weighted by atomic mass is 16.3. The lowest BCUT2D eigenvalue weighted by atomic mass is 9.83. The van der Waals surface area contributed by atoms with Crippen molar-refractivity contribution in [3.63, 3.8) is 0 Å². The fraction of sp³-hybridized carbons (Fsp3) is 0.242. The second-order valence-corrected chi connectivity index (χ2v) is 10.9. The Bertz CT molecular complexity index is 1660. The van der Waals surface area contributed by atoms with Crippen LogP contribution in [0.5, 0.6) is 0 Å². The molecule has 1 atom stereocenters. The van der Waals surface area contributed by atoms with Gasteiger partial charge in [0, 0.05) is 22.0 Å². The van der Waals surface area contributed by atoms with Gasteiger partial charge < -0.3 is 8.98 Å². The Hall–Kier alpha value is -3.85. The van der Waals surface area contributed by atoms with Crippen LogP contribution in [0.1, 0.15) is 58.1 Å². The summed E-state index contributed by atoms with van der Waals surface area (Å²) in [5, 5.41) is 2.53. The van der Waals surface area contributed by atoms with Crippen molar-refractivity contribution in [2.24, 2.45) is 0 Å². The van der Waals surface area contributed by atoms with E-state index in [1.165, 1.54) is 32.9 Å². The number of oxazole rings is 1. The molecule has 0 radical (unpaired) electrons. The molecule has 0 N–H and O–H groups in total. The highest BCUT2D eigenvalue weighted by Crippen LogP contribution is 2.37. The Balaban J connectivity index is 1.47. The van der Waals surface area contributed by atoms with Gasteiger partial charge in [0.25, 0.3) is 0 Å². The average molecular weight is 473 g/mol. The van der Waals surface area contributed by atoms with Gasteiger partial charge in [-0.3, -0.25) is 0 Å². The van der Waals surface area contributed by atoms with E-state index in [2.05, 4.69) is 124 Å². The van der Waals surface area contributed by atoms with E-state index >= 15 is 0 Å². The van der Waals surface area contributed by atoms with Crippen molar-refractivity contribution in [2.75, 3.05) is 0 Å². The largest absolute Gasteiger partial charge is 0.436 e. The van der Waals surface area contributed by atoms with Crippen LogP contribution in [-0.4, -0.2) is 9.55 Å². The van der Waals surface area contributed by atoms with Gasteiger partial charge in [-0.2, -0.15) is 0 Å². The van der Waals surface area contributed by atoms with E-state index in [0.29, 0.717) is 11.8 Å². The summed E-state index contributed by atoms with van der Waals surface area (Å²) < 4.78 is 8.71. The minimum absolute atomic E-state index is 0.0176. The van der Waals surface area contributed by atoms with Crippen molar-refractivity contribution in [3.8, 4) is 17.1 Å². The van der Waals surface area contributed by atoms with E-state index in [1.54, 1.807) is 0 Å². The number of fused-ring (bicyclic) bond motifs is 4. The lowest BCUT2D eigenvalue weighted by molar-refractivity contribution is 0.590. The molecule has 0 aliphatic heterocycles. The van der Waals surface area contributed by atoms with Gasteiger partial charge in [-0.05, 0) is 71.3 Å². The summed E-state index contributed by atoms with van der Waals surface area (Å²) in [5.74, 6) is 1.15. The Morgan fingerprint density at radius 2 is 1.44 bits per heavy atom. The molecule has 2 aromatic heterocycles. The predicted molar refractivity (Wildman–Crippen MR) is 151 cm³/mol. The average Bonchev–Trinajstić information content (AvgIpc) is 3.46. The van der Waals surface area contributed by atoms with Crippen LogP contribution < -0.4 is 0 Å². The first-order valence-electron chi connectivity index (χ1n) is 12.9. The summed E-state index contributed by atoms with van der Waals surface area (Å²) in [4.78, 5) is 4.99. The monoisotopic (exact) mass is 472 g/mol. The zero-order valence-electron chi connectivity index (χ0n) is 21.7. The highest BCUT2D eigenvalue weighted by Gasteiger charge is 2.23. The van der Waals surface area contributed by atoms with E-state index in [1.807, 2.05) is 0 Å². The van der Waals surface area contributed by atoms with Crippen molar-refractivity contribution in [1.29, 1.82) is 0 Å². The maximum Gasteiger partial charge on any atom is 0.227 e. The second kappa shape index (κ2) is 8.37. The van der Waals surface area contributed by atoms with Crippen LogP contribution >= 0.6 is 0 Å². The first kappa shape index (κ1) is 22.6. The third-order valence-electron chi connectivity index (χ3n) is 7.46. The van der Waals surface area contributed by atoms with E-state index < -0.39 is 0 Å². The molecule has 2 heterocycles. The topological polar surface area (TPSA) is 31.0 Å². The maximum atomic E-state index is 6.38. The highest BCUT2D eigenvalue weighted by molar-refractivity contribution is 6.09. The molecule has 0 aliphatic rings. The van der Waals surface area contributed by atoms with E-state index in [4.69, 9.17) is 9.40 Å². The van der Waals surface area contributed by atoms with Gasteiger partial charge in [0.15, 0.2) is 5.58 Å². The zero-order chi connectivity index (χ0) is 25.0. The Morgan fingerprint density at radius 1 is 0.833 bits per heavy atom. The number of hydrogen-bond donors (Lipinski definition) is 0. The Morgan fingerprint density at radius 3 is 2.03 bits per heavy atom. The summed E-state index contributed by atoms with van der Waals surface area (Å²) in [7, 11) is 0. The first-order valence-corrected chi connectivity index (χ1v) is 12.9. The van der Waals surface area contributed by atoms with Crippen LogP contribution in [0.15, 0.2) is 89.3 Å². The molecule has 0 spiro atoms. The molecule has 0 aliphatic carbocycles. The normalized spacial score (nSPS) is 13.1. The van der Waals surface area contributed by atoms with Crippen molar-refractivity contribution in [1.82, 2.24) is 9.55 Å². The molecular formula is C33H32N2O. The van der Waals surface area contributed by atoms with Crippen LogP contribution in [0.4, 0.5) is 0 Å². The summed E-state index contributed by atoms with van der Waals surface area (Å²) in [5.41, 5.74) is 8.92. The fourth-order valence-corrected chi connectivity index (χ4v) is 5.22. The second-order valence-electron chi connectivity index (χ2n) is 10.9. The third kappa shape index (κ3) is 3.62. The number of aromatic nitrogens is 2. The quantitative estimate of drug-likeness (QED) is 0.256. The van der Waals surface area contributed by atoms with Gasteiger partial charge in [-0.15, -0.1) is 0 Å². The molecule has 0 saturated heterocycles. The van der Waals surface area contributed by atoms with E-state index in [9.17, 15) is 0 Å². The van der Waals surface area contributed by atoms with Gasteiger partial charge in [-0.25, -0.2) is 4.98 Å². The molecule has 0 bridgehead atoms. The molecule has 3 heteroatoms. The van der Waals surface area contributed by atoms with Crippen LogP contribution in [0.3, 0.4) is 0 Å². The van der Waals surface area contributed by atoms with Crippen molar-refractivity contribution in [2.45, 2.75) is 52.4 Å². The Labute approximate surface area is 212 Å². The summed E-state index contributed by atoms with van der Waals surface area (Å²) >= 11 is 0. The van der Waals surface area contributed by atoms with Crippen LogP contribution in [-0.2, 0) is 5.41 Å². The number of hydrogen-bond acceptors (Lipinski definition) is 2. The van der Waals surface area contributed by atoms with Crippen LogP contribution in [0.25, 0.3) is 50.0 Å². The molecule has 36 heavy (non-hydrogen) atoms. The standard InChI is InChI=1S/C33H32N2O/c1-6-21(2)23-19-27(33(3,4)5)31-30(20-23)36-32(34-31)22-15-17-24(18-16-22)35-28-13-9-7-11-25(28)26-12-8-10-14-29(26)35/h7-21H,6H2,1-5H3. The van der Waals surface area contributed by atoms with Crippen molar-refractivity contribution >= 4 is 32.9 Å². The molecule has 0 amide bonds. The molecular weight excluding hydrogens is 440 g/mol. The van der Waals surface area contributed by atoms with Crippen LogP contribution in [0, 0.1) is 0 Å². The molecule has 3 nitrogen and oxygen atoms in total. The fourth-order valence-electron chi connectivity index (χ4n) is 5.22. The Kier molecular flexibility index (Phi) is 5.26. The predicted octanol–water partition coefficient (Wildman–Crippen LogP) is 9.40. The number of benzene rings is 4. The summed E-state index contributed by atoms with van der Waals surface area (Å²) in [6.45, 7) is 11.2. The zero-order valence-corrected chi connectivity index (χ0v) is 21.7. The summed E-state index contributed by atoms with van der Waals surface area (Å²) in [6.07, 6.45) is 1.10. The van der Waals surface area contributed by atoms with Crippen LogP contribution in [0.2, 0.25) is 0 Å². The van der Waals surface area contributed by atoms with Gasteiger partial charge in [0.1, 0.15) is 5.52 Å². The van der Waals surface area contributed by atoms with Crippen molar-refractivity contribution in [3.05, 3.63) is 96.1 Å². The molecule has 0 fully saturated rings. The molecule has 4 aromatic carbocycles. The van der Waals surface area contributed by atoms with Gasteiger partial charge in [0.2, 0.25) is 5.89 Å². The third-order valence-corrected chi connectivity index (χ3v) is 7.46. The van der Waals surface area contributed by atoms with E-state index in [-0.39, 0.29) is 5.41 Å². The minimum atomic E-state index is -0.0176. The van der Waals surface area contributed by atoms with Gasteiger partial charge in [-0.1, -0.05) is 77.1 Å². The minimum Gasteiger partial charge on any atom is -0.436 e. The molecule has 1 unspecified atom stereocenters. The van der Waals surface area contributed by atoms with Gasteiger partial charge in [0.05, 0.1) is 11.0 Å². The maximum absolute atomic E-state index is 6.38. The molecule has 0 saturated carbocycles. The SMILES string of the molecule is CCC(C)c1cc(C(C)(C)C)c2nc(-c3ccc(-n4c5ccccc5c5ccccc54)cc3)oc2c1. The lowest BCUT2D eigenvalue weighted by Crippen LogP contribution is -2.12. The summed E-state index contributed by atoms with van der Waals surface area (Å²) in [6, 6.07) is 30.3. The number of para-hydroxylation sites is 2. The number of rotatable bonds is 4. The molecule has 6 aromatic rings. The first-order chi connectivity index (χ1) is 17.3. The van der Waals surface area contributed by atoms with Crippen molar-refractivity contribution < 1.29 is 4.42 Å². The smallest absolute Gasteiger partial charge is 0.227 e. The number of nitrogens with zero attached hydrogens (tertiary/aromatic N) is 2. The van der Waals surface area contributed by atoms with E-state index in [0.717, 1.165) is 28.8 Å².